The van der Waals surface area contributed by atoms with Crippen molar-refractivity contribution in [3.8, 4) is 11.4 Å². The molecule has 1 aliphatic rings. The summed E-state index contributed by atoms with van der Waals surface area (Å²) in [6.07, 6.45) is 1.66. The van der Waals surface area contributed by atoms with Crippen LogP contribution in [0.3, 0.4) is 0 Å². The molecule has 0 radical (unpaired) electrons. The van der Waals surface area contributed by atoms with E-state index >= 15 is 0 Å². The molecule has 180 valence electrons. The summed E-state index contributed by atoms with van der Waals surface area (Å²) in [5.74, 6) is 3.05. The van der Waals surface area contributed by atoms with Crippen LogP contribution in [0.25, 0.3) is 11.4 Å². The third-order valence-corrected chi connectivity index (χ3v) is 7.47. The molecule has 0 spiro atoms. The number of likely N-dealkylation sites (tertiary alicyclic amines) is 1. The number of aryl methyl sites for hydroxylation is 1. The Bertz CT molecular complexity index is 1120. The maximum atomic E-state index is 12.6. The zero-order valence-corrected chi connectivity index (χ0v) is 21.4. The first kappa shape index (κ1) is 25.0. The van der Waals surface area contributed by atoms with Crippen LogP contribution in [0.15, 0.2) is 47.0 Å². The zero-order valence-electron chi connectivity index (χ0n) is 19.1. The van der Waals surface area contributed by atoms with E-state index in [1.165, 1.54) is 0 Å². The van der Waals surface area contributed by atoms with Crippen LogP contribution in [-0.4, -0.2) is 46.3 Å². The quantitative estimate of drug-likeness (QED) is 0.371. The highest BCUT2D eigenvalue weighted by molar-refractivity contribution is 7.98. The van der Waals surface area contributed by atoms with E-state index in [2.05, 4.69) is 20.4 Å². The van der Waals surface area contributed by atoms with Crippen molar-refractivity contribution in [1.82, 2.24) is 20.4 Å². The second-order valence-corrected chi connectivity index (χ2v) is 10.5. The average molecular weight is 519 g/mol. The van der Waals surface area contributed by atoms with Gasteiger partial charge in [0.1, 0.15) is 0 Å². The van der Waals surface area contributed by atoms with Crippen LogP contribution >= 0.6 is 35.0 Å². The van der Waals surface area contributed by atoms with E-state index in [0.29, 0.717) is 34.8 Å². The molecule has 1 N–H and O–H groups in total. The zero-order chi connectivity index (χ0) is 23.9. The number of hydrogen-bond donors (Lipinski definition) is 1. The SMILES string of the molecule is Cc1cccc(-c2noc(CN3CCC(C(=O)NCCSCc4ccc(Cl)cc4Cl)CC3)n2)c1. The standard InChI is InChI=1S/C25H28Cl2N4O2S/c1-17-3-2-4-19(13-17)24-29-23(33-30-24)15-31-10-7-18(8-11-31)25(32)28-9-12-34-16-20-5-6-21(26)14-22(20)27/h2-6,13-14,18H,7-12,15-16H2,1H3,(H,28,32). The average Bonchev–Trinajstić information content (AvgIpc) is 3.29. The number of halogens is 2. The molecule has 1 saturated heterocycles. The maximum absolute atomic E-state index is 12.6. The number of nitrogens with zero attached hydrogens (tertiary/aromatic N) is 3. The van der Waals surface area contributed by atoms with Crippen molar-refractivity contribution >= 4 is 40.9 Å². The molecule has 0 atom stereocenters. The number of carbonyl (C=O) groups is 1. The van der Waals surface area contributed by atoms with E-state index in [1.807, 2.05) is 43.3 Å². The summed E-state index contributed by atoms with van der Waals surface area (Å²) in [4.78, 5) is 19.4. The predicted octanol–water partition coefficient (Wildman–Crippen LogP) is 5.61. The molecular formula is C25H28Cl2N4O2S. The minimum absolute atomic E-state index is 0.0532. The first-order valence-corrected chi connectivity index (χ1v) is 13.3. The second kappa shape index (κ2) is 12.1. The number of carbonyl (C=O) groups excluding carboxylic acids is 1. The minimum Gasteiger partial charge on any atom is -0.355 e. The van der Waals surface area contributed by atoms with E-state index in [-0.39, 0.29) is 11.8 Å². The van der Waals surface area contributed by atoms with Gasteiger partial charge in [0.15, 0.2) is 0 Å². The highest BCUT2D eigenvalue weighted by Gasteiger charge is 2.25. The van der Waals surface area contributed by atoms with Crippen molar-refractivity contribution in [2.45, 2.75) is 32.1 Å². The lowest BCUT2D eigenvalue weighted by Crippen LogP contribution is -2.40. The van der Waals surface area contributed by atoms with Crippen molar-refractivity contribution in [2.24, 2.45) is 5.92 Å². The van der Waals surface area contributed by atoms with Gasteiger partial charge in [0, 0.05) is 39.6 Å². The van der Waals surface area contributed by atoms with Crippen LogP contribution in [0.4, 0.5) is 0 Å². The van der Waals surface area contributed by atoms with Gasteiger partial charge in [0.25, 0.3) is 0 Å². The van der Waals surface area contributed by atoms with Crippen LogP contribution in [0.2, 0.25) is 10.0 Å². The third-order valence-electron chi connectivity index (χ3n) is 5.88. The lowest BCUT2D eigenvalue weighted by Gasteiger charge is -2.30. The monoisotopic (exact) mass is 518 g/mol. The van der Waals surface area contributed by atoms with Crippen molar-refractivity contribution in [1.29, 1.82) is 0 Å². The summed E-state index contributed by atoms with van der Waals surface area (Å²) in [7, 11) is 0. The number of amides is 1. The Morgan fingerprint density at radius 2 is 2.03 bits per heavy atom. The fourth-order valence-corrected chi connectivity index (χ4v) is 5.39. The topological polar surface area (TPSA) is 71.3 Å². The molecule has 0 unspecified atom stereocenters. The van der Waals surface area contributed by atoms with Crippen LogP contribution in [0.5, 0.6) is 0 Å². The van der Waals surface area contributed by atoms with Gasteiger partial charge < -0.3 is 9.84 Å². The van der Waals surface area contributed by atoms with Gasteiger partial charge >= 0.3 is 0 Å². The van der Waals surface area contributed by atoms with Gasteiger partial charge in [0.05, 0.1) is 6.54 Å². The van der Waals surface area contributed by atoms with E-state index in [1.54, 1.807) is 17.8 Å². The van der Waals surface area contributed by atoms with Gasteiger partial charge in [-0.1, -0.05) is 58.2 Å². The molecule has 0 aliphatic carbocycles. The Kier molecular flexibility index (Phi) is 8.89. The smallest absolute Gasteiger partial charge is 0.241 e. The van der Waals surface area contributed by atoms with Crippen molar-refractivity contribution in [3.05, 3.63) is 69.5 Å². The van der Waals surface area contributed by atoms with Gasteiger partial charge in [-0.05, 0) is 56.6 Å². The molecule has 2 heterocycles. The molecule has 1 amide bonds. The van der Waals surface area contributed by atoms with E-state index in [0.717, 1.165) is 54.1 Å². The van der Waals surface area contributed by atoms with Crippen molar-refractivity contribution in [3.63, 3.8) is 0 Å². The van der Waals surface area contributed by atoms with Crippen molar-refractivity contribution < 1.29 is 9.32 Å². The maximum Gasteiger partial charge on any atom is 0.241 e. The number of aromatic nitrogens is 2. The lowest BCUT2D eigenvalue weighted by molar-refractivity contribution is -0.126. The number of hydrogen-bond acceptors (Lipinski definition) is 6. The number of rotatable bonds is 9. The Hall–Kier alpha value is -2.06. The van der Waals surface area contributed by atoms with Gasteiger partial charge in [-0.2, -0.15) is 16.7 Å². The molecule has 34 heavy (non-hydrogen) atoms. The Balaban J connectivity index is 1.14. The highest BCUT2D eigenvalue weighted by atomic mass is 35.5. The Morgan fingerprint density at radius 3 is 2.79 bits per heavy atom. The Morgan fingerprint density at radius 1 is 1.21 bits per heavy atom. The number of thioether (sulfide) groups is 1. The summed E-state index contributed by atoms with van der Waals surface area (Å²) in [5, 5.41) is 8.52. The van der Waals surface area contributed by atoms with Gasteiger partial charge in [0.2, 0.25) is 17.6 Å². The van der Waals surface area contributed by atoms with Gasteiger partial charge in [-0.25, -0.2) is 0 Å². The molecule has 3 aromatic rings. The van der Waals surface area contributed by atoms with Crippen LogP contribution in [0, 0.1) is 12.8 Å². The number of piperidine rings is 1. The largest absolute Gasteiger partial charge is 0.355 e. The summed E-state index contributed by atoms with van der Waals surface area (Å²) in [6.45, 7) is 4.98. The number of nitrogens with one attached hydrogen (secondary N) is 1. The first-order chi connectivity index (χ1) is 16.5. The molecule has 1 fully saturated rings. The third kappa shape index (κ3) is 6.98. The van der Waals surface area contributed by atoms with Crippen LogP contribution in [0.1, 0.15) is 29.9 Å². The summed E-state index contributed by atoms with van der Waals surface area (Å²) in [5.41, 5.74) is 3.18. The molecule has 1 aliphatic heterocycles. The molecule has 2 aromatic carbocycles. The van der Waals surface area contributed by atoms with Crippen LogP contribution < -0.4 is 5.32 Å². The van der Waals surface area contributed by atoms with E-state index < -0.39 is 0 Å². The fraction of sp³-hybridized carbons (Fsp3) is 0.400. The molecule has 0 bridgehead atoms. The molecule has 1 aromatic heterocycles. The van der Waals surface area contributed by atoms with E-state index in [9.17, 15) is 4.79 Å². The Labute approximate surface area is 214 Å². The van der Waals surface area contributed by atoms with Gasteiger partial charge in [-0.3, -0.25) is 9.69 Å². The molecule has 0 saturated carbocycles. The van der Waals surface area contributed by atoms with Gasteiger partial charge in [-0.15, -0.1) is 0 Å². The predicted molar refractivity (Wildman–Crippen MR) is 138 cm³/mol. The molecule has 9 heteroatoms. The number of benzene rings is 2. The normalized spacial score (nSPS) is 14.9. The summed E-state index contributed by atoms with van der Waals surface area (Å²) < 4.78 is 5.46. The molecule has 6 nitrogen and oxygen atoms in total. The summed E-state index contributed by atoms with van der Waals surface area (Å²) in [6, 6.07) is 13.6. The van der Waals surface area contributed by atoms with E-state index in [4.69, 9.17) is 27.7 Å². The minimum atomic E-state index is 0.0532. The lowest BCUT2D eigenvalue weighted by atomic mass is 9.96. The highest BCUT2D eigenvalue weighted by Crippen LogP contribution is 2.25. The second-order valence-electron chi connectivity index (χ2n) is 8.51. The van der Waals surface area contributed by atoms with Crippen LogP contribution in [-0.2, 0) is 17.1 Å². The summed E-state index contributed by atoms with van der Waals surface area (Å²) >= 11 is 13.9. The molecular weight excluding hydrogens is 491 g/mol. The van der Waals surface area contributed by atoms with Crippen molar-refractivity contribution in [2.75, 3.05) is 25.4 Å². The first-order valence-electron chi connectivity index (χ1n) is 11.4. The molecule has 4 rings (SSSR count). The fourth-order valence-electron chi connectivity index (χ4n) is 3.98.